The van der Waals surface area contributed by atoms with E-state index >= 15 is 0 Å². The minimum Gasteiger partial charge on any atom is -0.439 e. The summed E-state index contributed by atoms with van der Waals surface area (Å²) in [7, 11) is 0. The summed E-state index contributed by atoms with van der Waals surface area (Å²) in [6.07, 6.45) is -2.37. The number of nitrogens with one attached hydrogen (secondary N) is 1. The number of benzene rings is 1. The van der Waals surface area contributed by atoms with Crippen molar-refractivity contribution < 1.29 is 27.5 Å². The van der Waals surface area contributed by atoms with Crippen molar-refractivity contribution in [2.75, 3.05) is 0 Å². The minimum atomic E-state index is -4.49. The van der Waals surface area contributed by atoms with Crippen LogP contribution in [-0.4, -0.2) is 16.7 Å². The lowest BCUT2D eigenvalue weighted by Gasteiger charge is -2.12. The molecule has 0 aliphatic carbocycles. The number of nitrogens with zero attached hydrogens (tertiary/aromatic N) is 1. The second-order valence-corrected chi connectivity index (χ2v) is 5.45. The Hall–Kier alpha value is -2.90. The molecule has 0 spiro atoms. The van der Waals surface area contributed by atoms with Crippen molar-refractivity contribution in [3.05, 3.63) is 53.7 Å². The van der Waals surface area contributed by atoms with Crippen molar-refractivity contribution in [3.8, 4) is 11.6 Å². The first kappa shape index (κ1) is 19.4. The lowest BCUT2D eigenvalue weighted by molar-refractivity contribution is -0.138. The third-order valence-electron chi connectivity index (χ3n) is 3.40. The van der Waals surface area contributed by atoms with E-state index in [1.54, 1.807) is 19.1 Å². The molecule has 0 saturated heterocycles. The van der Waals surface area contributed by atoms with Crippen molar-refractivity contribution in [1.82, 2.24) is 10.3 Å². The number of aromatic nitrogens is 1. The predicted octanol–water partition coefficient (Wildman–Crippen LogP) is 3.88. The summed E-state index contributed by atoms with van der Waals surface area (Å²) in [6.45, 7) is 1.75. The molecule has 2 rings (SSSR count). The fourth-order valence-corrected chi connectivity index (χ4v) is 2.11. The zero-order valence-corrected chi connectivity index (χ0v) is 14.0. The number of ketones is 1. The molecule has 1 heterocycles. The molecule has 1 N–H and O–H groups in total. The first-order valence-corrected chi connectivity index (χ1v) is 7.91. The summed E-state index contributed by atoms with van der Waals surface area (Å²) in [5.41, 5.74) is -0.409. The Bertz CT molecular complexity index is 791. The van der Waals surface area contributed by atoms with E-state index in [1.165, 1.54) is 18.3 Å². The quantitative estimate of drug-likeness (QED) is 0.755. The third-order valence-corrected chi connectivity index (χ3v) is 3.40. The van der Waals surface area contributed by atoms with E-state index in [9.17, 15) is 22.8 Å². The second kappa shape index (κ2) is 8.46. The van der Waals surface area contributed by atoms with Gasteiger partial charge in [0.2, 0.25) is 11.7 Å². The number of amides is 1. The van der Waals surface area contributed by atoms with Crippen LogP contribution in [0.2, 0.25) is 0 Å². The smallest absolute Gasteiger partial charge is 0.416 e. The van der Waals surface area contributed by atoms with E-state index in [0.717, 1.165) is 12.1 Å². The van der Waals surface area contributed by atoms with Crippen molar-refractivity contribution in [2.24, 2.45) is 0 Å². The van der Waals surface area contributed by atoms with Gasteiger partial charge in [0.1, 0.15) is 5.75 Å². The van der Waals surface area contributed by atoms with Gasteiger partial charge in [-0.25, -0.2) is 4.98 Å². The average molecular weight is 366 g/mol. The first-order chi connectivity index (χ1) is 12.3. The normalized spacial score (nSPS) is 11.1. The molecule has 1 amide bonds. The summed E-state index contributed by atoms with van der Waals surface area (Å²) in [6, 6.07) is 7.59. The van der Waals surface area contributed by atoms with Crippen LogP contribution in [0.1, 0.15) is 30.9 Å². The zero-order chi connectivity index (χ0) is 19.2. The first-order valence-electron chi connectivity index (χ1n) is 7.91. The number of pyridine rings is 1. The Morgan fingerprint density at radius 3 is 2.65 bits per heavy atom. The largest absolute Gasteiger partial charge is 0.439 e. The van der Waals surface area contributed by atoms with Crippen molar-refractivity contribution >= 4 is 11.7 Å². The topological polar surface area (TPSA) is 68.3 Å². The van der Waals surface area contributed by atoms with Crippen LogP contribution in [-0.2, 0) is 22.3 Å². The van der Waals surface area contributed by atoms with Crippen LogP contribution in [0.5, 0.6) is 11.6 Å². The van der Waals surface area contributed by atoms with E-state index in [2.05, 4.69) is 10.3 Å². The number of alkyl halides is 3. The van der Waals surface area contributed by atoms with Gasteiger partial charge in [0, 0.05) is 24.7 Å². The van der Waals surface area contributed by atoms with Gasteiger partial charge in [-0.1, -0.05) is 19.1 Å². The van der Waals surface area contributed by atoms with Crippen LogP contribution in [0.25, 0.3) is 0 Å². The molecule has 138 valence electrons. The van der Waals surface area contributed by atoms with Crippen LogP contribution >= 0.6 is 0 Å². The fraction of sp³-hybridized carbons (Fsp3) is 0.278. The second-order valence-electron chi connectivity index (χ2n) is 5.45. The molecule has 0 atom stereocenters. The summed E-state index contributed by atoms with van der Waals surface area (Å²) in [5.74, 6) is -1.24. The molecule has 0 fully saturated rings. The number of carbonyl (C=O) groups excluding carboxylic acids is 2. The zero-order valence-electron chi connectivity index (χ0n) is 14.0. The molecule has 0 unspecified atom stereocenters. The van der Waals surface area contributed by atoms with Crippen LogP contribution < -0.4 is 10.1 Å². The average Bonchev–Trinajstić information content (AvgIpc) is 2.60. The van der Waals surface area contributed by atoms with Crippen LogP contribution in [0.4, 0.5) is 13.2 Å². The SMILES string of the molecule is CCCC(=O)C(=O)NCc1cccnc1Oc1cccc(C(F)(F)F)c1. The van der Waals surface area contributed by atoms with Crippen LogP contribution in [0, 0.1) is 0 Å². The van der Waals surface area contributed by atoms with Crippen LogP contribution in [0.15, 0.2) is 42.6 Å². The molecule has 8 heteroatoms. The highest BCUT2D eigenvalue weighted by molar-refractivity contribution is 6.36. The molecule has 26 heavy (non-hydrogen) atoms. The molecule has 0 aliphatic heterocycles. The van der Waals surface area contributed by atoms with Crippen molar-refractivity contribution in [3.63, 3.8) is 0 Å². The van der Waals surface area contributed by atoms with Gasteiger partial charge in [-0.2, -0.15) is 13.2 Å². The van der Waals surface area contributed by atoms with Gasteiger partial charge in [0.25, 0.3) is 5.91 Å². The Balaban J connectivity index is 2.12. The number of halogens is 3. The molecule has 1 aromatic heterocycles. The van der Waals surface area contributed by atoms with Crippen molar-refractivity contribution in [2.45, 2.75) is 32.5 Å². The molecule has 1 aromatic carbocycles. The highest BCUT2D eigenvalue weighted by Crippen LogP contribution is 2.32. The van der Waals surface area contributed by atoms with Gasteiger partial charge < -0.3 is 10.1 Å². The maximum atomic E-state index is 12.8. The van der Waals surface area contributed by atoms with Crippen molar-refractivity contribution in [1.29, 1.82) is 0 Å². The van der Waals surface area contributed by atoms with E-state index in [-0.39, 0.29) is 24.6 Å². The predicted molar refractivity (Wildman–Crippen MR) is 87.5 cm³/mol. The summed E-state index contributed by atoms with van der Waals surface area (Å²) >= 11 is 0. The molecule has 0 bridgehead atoms. The third kappa shape index (κ3) is 5.30. The van der Waals surface area contributed by atoms with Gasteiger partial charge >= 0.3 is 6.18 Å². The number of hydrogen-bond acceptors (Lipinski definition) is 4. The Labute approximate surface area is 148 Å². The van der Waals surface area contributed by atoms with E-state index in [1.807, 2.05) is 0 Å². The number of carbonyl (C=O) groups is 2. The number of Topliss-reactive ketones (excluding diaryl/α,β-unsaturated/α-hetero) is 1. The molecular weight excluding hydrogens is 349 g/mol. The van der Waals surface area contributed by atoms with Crippen LogP contribution in [0.3, 0.4) is 0 Å². The van der Waals surface area contributed by atoms with Gasteiger partial charge in [-0.3, -0.25) is 9.59 Å². The summed E-state index contributed by atoms with van der Waals surface area (Å²) in [5, 5.41) is 2.46. The Morgan fingerprint density at radius 2 is 1.96 bits per heavy atom. The standard InChI is InChI=1S/C18H17F3N2O3/c1-2-5-15(24)16(25)23-11-12-6-4-9-22-17(12)26-14-8-3-7-13(10-14)18(19,20)21/h3-4,6-10H,2,5,11H2,1H3,(H,23,25). The van der Waals surface area contributed by atoms with Gasteiger partial charge in [-0.15, -0.1) is 0 Å². The highest BCUT2D eigenvalue weighted by Gasteiger charge is 2.30. The lowest BCUT2D eigenvalue weighted by Crippen LogP contribution is -2.30. The van der Waals surface area contributed by atoms with E-state index < -0.39 is 23.4 Å². The van der Waals surface area contributed by atoms with Gasteiger partial charge in [-0.05, 0) is 30.7 Å². The van der Waals surface area contributed by atoms with Gasteiger partial charge in [0.05, 0.1) is 5.56 Å². The minimum absolute atomic E-state index is 0.0313. The lowest BCUT2D eigenvalue weighted by atomic mass is 10.2. The summed E-state index contributed by atoms with van der Waals surface area (Å²) in [4.78, 5) is 27.2. The van der Waals surface area contributed by atoms with E-state index in [4.69, 9.17) is 4.74 Å². The molecular formula is C18H17F3N2O3. The number of hydrogen-bond donors (Lipinski definition) is 1. The molecule has 5 nitrogen and oxygen atoms in total. The highest BCUT2D eigenvalue weighted by atomic mass is 19.4. The molecule has 0 radical (unpaired) electrons. The Morgan fingerprint density at radius 1 is 1.19 bits per heavy atom. The van der Waals surface area contributed by atoms with Gasteiger partial charge in [0.15, 0.2) is 0 Å². The molecule has 2 aromatic rings. The van der Waals surface area contributed by atoms with E-state index in [0.29, 0.717) is 12.0 Å². The fourth-order valence-electron chi connectivity index (χ4n) is 2.11. The Kier molecular flexibility index (Phi) is 6.32. The maximum absolute atomic E-state index is 12.8. The number of ether oxygens (including phenoxy) is 1. The molecule has 0 saturated carbocycles. The monoisotopic (exact) mass is 366 g/mol. The maximum Gasteiger partial charge on any atom is 0.416 e. The summed E-state index contributed by atoms with van der Waals surface area (Å²) < 4.78 is 43.8. The number of rotatable bonds is 7. The molecule has 0 aliphatic rings.